The lowest BCUT2D eigenvalue weighted by Crippen LogP contribution is -2.30. The van der Waals surface area contributed by atoms with Crippen LogP contribution in [0.1, 0.15) is 31.1 Å². The van der Waals surface area contributed by atoms with Crippen molar-refractivity contribution in [3.05, 3.63) is 27.9 Å². The Hall–Kier alpha value is -2.18. The Morgan fingerprint density at radius 2 is 2.10 bits per heavy atom. The summed E-state index contributed by atoms with van der Waals surface area (Å²) in [5.41, 5.74) is -0.183. The average molecular weight is 281 g/mol. The number of rotatable bonds is 4. The molecule has 0 aliphatic rings. The van der Waals surface area contributed by atoms with E-state index >= 15 is 0 Å². The molecule has 0 radical (unpaired) electrons. The molecule has 110 valence electrons. The highest BCUT2D eigenvalue weighted by Gasteiger charge is 2.24. The molecule has 1 rings (SSSR count). The number of methoxy groups -OCH3 is 1. The second kappa shape index (κ2) is 5.85. The van der Waals surface area contributed by atoms with Crippen LogP contribution in [0, 0.1) is 15.5 Å². The summed E-state index contributed by atoms with van der Waals surface area (Å²) in [5.74, 6) is -0.414. The first kappa shape index (κ1) is 15.9. The van der Waals surface area contributed by atoms with E-state index in [1.807, 2.05) is 20.8 Å². The van der Waals surface area contributed by atoms with Crippen molar-refractivity contribution in [3.8, 4) is 0 Å². The van der Waals surface area contributed by atoms with E-state index < -0.39 is 10.9 Å². The van der Waals surface area contributed by atoms with Gasteiger partial charge in [-0.1, -0.05) is 20.8 Å². The predicted octanol–water partition coefficient (Wildman–Crippen LogP) is 2.26. The number of hydrogen-bond donors (Lipinski definition) is 0. The number of nitrogens with zero attached hydrogens (tertiary/aromatic N) is 3. The summed E-state index contributed by atoms with van der Waals surface area (Å²) in [5, 5.41) is 11.1. The highest BCUT2D eigenvalue weighted by atomic mass is 16.6. The molecule has 0 bridgehead atoms. The van der Waals surface area contributed by atoms with Crippen LogP contribution in [-0.4, -0.2) is 36.6 Å². The van der Waals surface area contributed by atoms with Crippen molar-refractivity contribution in [3.63, 3.8) is 0 Å². The van der Waals surface area contributed by atoms with Crippen LogP contribution in [0.15, 0.2) is 12.3 Å². The Kier molecular flexibility index (Phi) is 4.65. The van der Waals surface area contributed by atoms with Gasteiger partial charge in [-0.3, -0.25) is 10.1 Å². The molecule has 0 fully saturated rings. The van der Waals surface area contributed by atoms with E-state index in [1.165, 1.54) is 19.4 Å². The summed E-state index contributed by atoms with van der Waals surface area (Å²) in [6.07, 6.45) is 1.29. The van der Waals surface area contributed by atoms with E-state index in [0.29, 0.717) is 6.54 Å². The van der Waals surface area contributed by atoms with Gasteiger partial charge in [0.2, 0.25) is 5.82 Å². The van der Waals surface area contributed by atoms with E-state index in [4.69, 9.17) is 0 Å². The molecule has 0 atom stereocenters. The van der Waals surface area contributed by atoms with Gasteiger partial charge in [0.05, 0.1) is 17.6 Å². The Morgan fingerprint density at radius 3 is 2.55 bits per heavy atom. The standard InChI is InChI=1S/C13H19N3O4/c1-13(2,3)8-15(4)11-10(16(18)19)6-9(7-14-11)12(17)20-5/h6-7H,8H2,1-5H3. The fourth-order valence-electron chi connectivity index (χ4n) is 1.89. The van der Waals surface area contributed by atoms with Crippen molar-refractivity contribution in [1.29, 1.82) is 0 Å². The number of anilines is 1. The van der Waals surface area contributed by atoms with Crippen molar-refractivity contribution < 1.29 is 14.5 Å². The molecule has 0 amide bonds. The average Bonchev–Trinajstić information content (AvgIpc) is 2.34. The van der Waals surface area contributed by atoms with Gasteiger partial charge < -0.3 is 9.64 Å². The molecule has 0 spiro atoms. The van der Waals surface area contributed by atoms with Gasteiger partial charge in [0.15, 0.2) is 0 Å². The van der Waals surface area contributed by atoms with Gasteiger partial charge in [-0.25, -0.2) is 9.78 Å². The second-order valence-corrected chi connectivity index (χ2v) is 5.73. The highest BCUT2D eigenvalue weighted by Crippen LogP contribution is 2.28. The Bertz CT molecular complexity index is 523. The monoisotopic (exact) mass is 281 g/mol. The number of nitro groups is 1. The smallest absolute Gasteiger partial charge is 0.339 e. The van der Waals surface area contributed by atoms with Gasteiger partial charge in [-0.05, 0) is 5.41 Å². The number of hydrogen-bond acceptors (Lipinski definition) is 6. The van der Waals surface area contributed by atoms with Gasteiger partial charge in [0, 0.05) is 25.9 Å². The van der Waals surface area contributed by atoms with Crippen molar-refractivity contribution in [2.45, 2.75) is 20.8 Å². The van der Waals surface area contributed by atoms with E-state index in [2.05, 4.69) is 9.72 Å². The number of aromatic nitrogens is 1. The maximum absolute atomic E-state index is 11.4. The number of esters is 1. The Balaban J connectivity index is 3.20. The molecule has 0 aliphatic heterocycles. The van der Waals surface area contributed by atoms with Crippen LogP contribution in [0.4, 0.5) is 11.5 Å². The van der Waals surface area contributed by atoms with Crippen LogP contribution in [0.3, 0.4) is 0 Å². The van der Waals surface area contributed by atoms with E-state index in [9.17, 15) is 14.9 Å². The molecule has 0 aliphatic carbocycles. The molecule has 7 heteroatoms. The lowest BCUT2D eigenvalue weighted by Gasteiger charge is -2.27. The molecule has 0 unspecified atom stereocenters. The molecule has 7 nitrogen and oxygen atoms in total. The number of pyridine rings is 1. The normalized spacial score (nSPS) is 11.1. The predicted molar refractivity (Wildman–Crippen MR) is 75.0 cm³/mol. The first-order chi connectivity index (χ1) is 9.15. The Labute approximate surface area is 117 Å². The maximum atomic E-state index is 11.4. The summed E-state index contributed by atoms with van der Waals surface area (Å²) in [7, 11) is 2.95. The molecular weight excluding hydrogens is 262 g/mol. The van der Waals surface area contributed by atoms with Gasteiger partial charge in [0.1, 0.15) is 0 Å². The zero-order valence-electron chi connectivity index (χ0n) is 12.3. The summed E-state index contributed by atoms with van der Waals surface area (Å²) in [6, 6.07) is 1.19. The van der Waals surface area contributed by atoms with Crippen molar-refractivity contribution in [2.75, 3.05) is 25.6 Å². The lowest BCUT2D eigenvalue weighted by atomic mass is 9.96. The van der Waals surface area contributed by atoms with Crippen LogP contribution in [0.5, 0.6) is 0 Å². The lowest BCUT2D eigenvalue weighted by molar-refractivity contribution is -0.384. The minimum Gasteiger partial charge on any atom is -0.465 e. The summed E-state index contributed by atoms with van der Waals surface area (Å²) < 4.78 is 4.54. The van der Waals surface area contributed by atoms with Gasteiger partial charge >= 0.3 is 11.7 Å². The maximum Gasteiger partial charge on any atom is 0.339 e. The van der Waals surface area contributed by atoms with Crippen LogP contribution < -0.4 is 4.90 Å². The third-order valence-electron chi connectivity index (χ3n) is 2.54. The van der Waals surface area contributed by atoms with Crippen LogP contribution in [0.2, 0.25) is 0 Å². The molecule has 0 saturated carbocycles. The topological polar surface area (TPSA) is 85.6 Å². The van der Waals surface area contributed by atoms with E-state index in [-0.39, 0.29) is 22.5 Å². The summed E-state index contributed by atoms with van der Waals surface area (Å²) in [4.78, 5) is 27.7. The van der Waals surface area contributed by atoms with Crippen LogP contribution in [0.25, 0.3) is 0 Å². The van der Waals surface area contributed by atoms with Crippen molar-refractivity contribution >= 4 is 17.5 Å². The summed E-state index contributed by atoms with van der Waals surface area (Å²) in [6.45, 7) is 6.67. The first-order valence-electron chi connectivity index (χ1n) is 6.09. The molecule has 0 saturated heterocycles. The number of carbonyl (C=O) groups is 1. The van der Waals surface area contributed by atoms with Crippen LogP contribution >= 0.6 is 0 Å². The quantitative estimate of drug-likeness (QED) is 0.478. The first-order valence-corrected chi connectivity index (χ1v) is 6.09. The second-order valence-electron chi connectivity index (χ2n) is 5.73. The van der Waals surface area contributed by atoms with E-state index in [1.54, 1.807) is 11.9 Å². The summed E-state index contributed by atoms with van der Waals surface area (Å²) >= 11 is 0. The van der Waals surface area contributed by atoms with Gasteiger partial charge in [0.25, 0.3) is 0 Å². The van der Waals surface area contributed by atoms with Gasteiger partial charge in [-0.2, -0.15) is 0 Å². The number of carbonyl (C=O) groups excluding carboxylic acids is 1. The fraction of sp³-hybridized carbons (Fsp3) is 0.538. The molecule has 1 aromatic rings. The van der Waals surface area contributed by atoms with E-state index in [0.717, 1.165) is 0 Å². The molecule has 1 aromatic heterocycles. The Morgan fingerprint density at radius 1 is 1.50 bits per heavy atom. The van der Waals surface area contributed by atoms with Gasteiger partial charge in [-0.15, -0.1) is 0 Å². The zero-order chi connectivity index (χ0) is 15.5. The fourth-order valence-corrected chi connectivity index (χ4v) is 1.89. The third-order valence-corrected chi connectivity index (χ3v) is 2.54. The largest absolute Gasteiger partial charge is 0.465 e. The van der Waals surface area contributed by atoms with Crippen LogP contribution in [-0.2, 0) is 4.74 Å². The minimum atomic E-state index is -0.648. The number of ether oxygens (including phenoxy) is 1. The van der Waals surface area contributed by atoms with Crippen molar-refractivity contribution in [1.82, 2.24) is 4.98 Å². The zero-order valence-corrected chi connectivity index (χ0v) is 12.3. The molecule has 20 heavy (non-hydrogen) atoms. The molecule has 0 aromatic carbocycles. The third kappa shape index (κ3) is 3.91. The van der Waals surface area contributed by atoms with Crippen molar-refractivity contribution in [2.24, 2.45) is 5.41 Å². The molecular formula is C13H19N3O4. The minimum absolute atomic E-state index is 0.0364. The SMILES string of the molecule is COC(=O)c1cnc(N(C)CC(C)(C)C)c([N+](=O)[O-])c1. The molecule has 0 N–H and O–H groups in total. The molecule has 1 heterocycles. The highest BCUT2D eigenvalue weighted by molar-refractivity contribution is 5.90.